The zero-order valence-electron chi connectivity index (χ0n) is 29.4. The van der Waals surface area contributed by atoms with Gasteiger partial charge in [-0.1, -0.05) is 82.7 Å². The first-order valence-electron chi connectivity index (χ1n) is 16.4. The van der Waals surface area contributed by atoms with Gasteiger partial charge >= 0.3 is 12.1 Å². The molecular formula is C34H57N5O9. The summed E-state index contributed by atoms with van der Waals surface area (Å²) < 4.78 is 10.4. The van der Waals surface area contributed by atoms with Crippen LogP contribution in [0.25, 0.3) is 0 Å². The summed E-state index contributed by atoms with van der Waals surface area (Å²) in [5, 5.41) is 16.6. The van der Waals surface area contributed by atoms with E-state index in [0.29, 0.717) is 6.42 Å². The molecule has 1 unspecified atom stereocenters. The van der Waals surface area contributed by atoms with Gasteiger partial charge in [-0.15, -0.1) is 0 Å². The topological polar surface area (TPSA) is 215 Å². The van der Waals surface area contributed by atoms with Crippen molar-refractivity contribution in [2.45, 2.75) is 117 Å². The molecule has 0 spiro atoms. The van der Waals surface area contributed by atoms with Crippen LogP contribution in [0.1, 0.15) is 98.0 Å². The van der Waals surface area contributed by atoms with Crippen molar-refractivity contribution in [1.29, 1.82) is 0 Å². The van der Waals surface area contributed by atoms with Gasteiger partial charge in [-0.3, -0.25) is 19.2 Å². The summed E-state index contributed by atoms with van der Waals surface area (Å²) in [7, 11) is 1.00. The molecule has 1 fully saturated rings. The Morgan fingerprint density at radius 1 is 0.812 bits per heavy atom. The number of hydrogen-bond acceptors (Lipinski definition) is 9. The molecule has 0 saturated heterocycles. The summed E-state index contributed by atoms with van der Waals surface area (Å²) in [6.45, 7) is 7.80. The molecule has 14 heteroatoms. The molecule has 1 aromatic rings. The van der Waals surface area contributed by atoms with Gasteiger partial charge in [0.25, 0.3) is 0 Å². The van der Waals surface area contributed by atoms with E-state index in [4.69, 9.17) is 20.3 Å². The van der Waals surface area contributed by atoms with Gasteiger partial charge < -0.3 is 41.6 Å². The van der Waals surface area contributed by atoms with Crippen molar-refractivity contribution in [2.75, 3.05) is 20.2 Å². The first kappa shape index (κ1) is 43.8. The van der Waals surface area contributed by atoms with Crippen molar-refractivity contribution >= 4 is 35.7 Å². The quantitative estimate of drug-likeness (QED) is 0.150. The number of nitrogens with two attached hydrogens (primary N) is 1. The zero-order valence-corrected chi connectivity index (χ0v) is 29.4. The molecule has 1 aromatic carbocycles. The van der Waals surface area contributed by atoms with Crippen LogP contribution >= 0.6 is 0 Å². The number of benzene rings is 1. The lowest BCUT2D eigenvalue weighted by Gasteiger charge is -2.21. The average molecular weight is 680 g/mol. The summed E-state index contributed by atoms with van der Waals surface area (Å²) in [4.78, 5) is 73.2. The van der Waals surface area contributed by atoms with Crippen LogP contribution in [-0.2, 0) is 40.1 Å². The number of hydrogen-bond donors (Lipinski definition) is 6. The van der Waals surface area contributed by atoms with E-state index in [9.17, 15) is 28.8 Å². The second kappa shape index (κ2) is 24.9. The maximum atomic E-state index is 12.7. The Morgan fingerprint density at radius 2 is 1.31 bits per heavy atom. The van der Waals surface area contributed by atoms with E-state index in [1.807, 2.05) is 32.0 Å². The van der Waals surface area contributed by atoms with Crippen LogP contribution in [0.5, 0.6) is 0 Å². The number of esters is 1. The molecule has 2 rings (SSSR count). The second-order valence-electron chi connectivity index (χ2n) is 12.7. The Kier molecular flexibility index (Phi) is 22.7. The standard InChI is InChI=1S/C27H41N5O8.C6H12.CH4O/c1-17(2)13-20(25(37)39-16-18-9-7-6-8-10-18)32-22(34)14-29-24(36)19(11-12-21(28)33)31-23(35)15-30-26(38)40-27(3,4)5;1-2-4-6-5-3-1;1-2/h6-10,17,19-20H,11-16H2,1-5H3,(H2,28,33)(H,29,36)(H,30,38)(H,31,35)(H,32,34);1-6H2;2H,1H3/t19-,20?;;/m0../s1. The lowest BCUT2D eigenvalue weighted by atomic mass is 10.0. The number of ether oxygens (including phenoxy) is 2. The van der Waals surface area contributed by atoms with E-state index in [1.165, 1.54) is 38.5 Å². The predicted octanol–water partition coefficient (Wildman–Crippen LogP) is 2.60. The molecule has 5 amide bonds. The summed E-state index contributed by atoms with van der Waals surface area (Å²) >= 11 is 0. The van der Waals surface area contributed by atoms with Crippen LogP contribution < -0.4 is 27.0 Å². The highest BCUT2D eigenvalue weighted by Crippen LogP contribution is 2.15. The highest BCUT2D eigenvalue weighted by Gasteiger charge is 2.26. The molecule has 272 valence electrons. The van der Waals surface area contributed by atoms with Gasteiger partial charge in [0, 0.05) is 13.5 Å². The van der Waals surface area contributed by atoms with Gasteiger partial charge in [-0.2, -0.15) is 0 Å². The second-order valence-corrected chi connectivity index (χ2v) is 12.7. The number of primary amides is 1. The maximum absolute atomic E-state index is 12.7. The lowest BCUT2D eigenvalue weighted by molar-refractivity contribution is -0.149. The number of nitrogens with one attached hydrogen (secondary N) is 4. The monoisotopic (exact) mass is 679 g/mol. The Hall–Kier alpha value is -4.20. The molecule has 14 nitrogen and oxygen atoms in total. The van der Waals surface area contributed by atoms with Gasteiger partial charge in [-0.25, -0.2) is 9.59 Å². The molecule has 0 aliphatic heterocycles. The zero-order chi connectivity index (χ0) is 36.5. The minimum Gasteiger partial charge on any atom is -0.459 e. The Balaban J connectivity index is 0.00000243. The number of amides is 5. The van der Waals surface area contributed by atoms with E-state index >= 15 is 0 Å². The fraction of sp³-hybridized carbons (Fsp3) is 0.647. The number of alkyl carbamates (subject to hydrolysis) is 1. The third-order valence-corrected chi connectivity index (χ3v) is 6.60. The lowest BCUT2D eigenvalue weighted by Crippen LogP contribution is -2.52. The fourth-order valence-corrected chi connectivity index (χ4v) is 4.38. The summed E-state index contributed by atoms with van der Waals surface area (Å²) in [5.74, 6) is -3.37. The van der Waals surface area contributed by atoms with Crippen molar-refractivity contribution < 1.29 is 43.3 Å². The number of aliphatic hydroxyl groups is 1. The van der Waals surface area contributed by atoms with Crippen molar-refractivity contribution in [3.05, 3.63) is 35.9 Å². The average Bonchev–Trinajstić information content (AvgIpc) is 3.04. The Morgan fingerprint density at radius 3 is 1.79 bits per heavy atom. The van der Waals surface area contributed by atoms with Crippen molar-refractivity contribution in [3.63, 3.8) is 0 Å². The van der Waals surface area contributed by atoms with E-state index < -0.39 is 66.5 Å². The number of carbonyl (C=O) groups excluding carboxylic acids is 6. The first-order valence-corrected chi connectivity index (χ1v) is 16.4. The summed E-state index contributed by atoms with van der Waals surface area (Å²) in [6, 6.07) is 6.94. The Labute approximate surface area is 284 Å². The highest BCUT2D eigenvalue weighted by atomic mass is 16.6. The van der Waals surface area contributed by atoms with Crippen LogP contribution in [0.2, 0.25) is 0 Å². The van der Waals surface area contributed by atoms with E-state index in [2.05, 4.69) is 21.3 Å². The maximum Gasteiger partial charge on any atom is 0.408 e. The fourth-order valence-electron chi connectivity index (χ4n) is 4.38. The van der Waals surface area contributed by atoms with E-state index in [-0.39, 0.29) is 25.4 Å². The van der Waals surface area contributed by atoms with Crippen molar-refractivity contribution in [1.82, 2.24) is 21.3 Å². The third kappa shape index (κ3) is 23.2. The molecule has 0 bridgehead atoms. The molecule has 7 N–H and O–H groups in total. The SMILES string of the molecule is C1CCCCC1.CC(C)CC(NC(=O)CNC(=O)[C@H](CCC(N)=O)NC(=O)CNC(=O)OC(C)(C)C)C(=O)OCc1ccccc1.CO. The molecule has 1 aliphatic carbocycles. The first-order chi connectivity index (χ1) is 22.7. The molecule has 0 aromatic heterocycles. The van der Waals surface area contributed by atoms with E-state index in [1.54, 1.807) is 32.9 Å². The van der Waals surface area contributed by atoms with Crippen molar-refractivity contribution in [3.8, 4) is 0 Å². The van der Waals surface area contributed by atoms with Crippen LogP contribution in [0.4, 0.5) is 4.79 Å². The molecular weight excluding hydrogens is 622 g/mol. The van der Waals surface area contributed by atoms with Crippen LogP contribution in [0.3, 0.4) is 0 Å². The largest absolute Gasteiger partial charge is 0.459 e. The molecule has 0 radical (unpaired) electrons. The number of rotatable bonds is 15. The summed E-state index contributed by atoms with van der Waals surface area (Å²) in [6.07, 6.45) is 8.14. The van der Waals surface area contributed by atoms with Gasteiger partial charge in [0.05, 0.1) is 6.54 Å². The van der Waals surface area contributed by atoms with Crippen LogP contribution in [-0.4, -0.2) is 78.7 Å². The van der Waals surface area contributed by atoms with Crippen LogP contribution in [0, 0.1) is 5.92 Å². The molecule has 2 atom stereocenters. The van der Waals surface area contributed by atoms with Crippen LogP contribution in [0.15, 0.2) is 30.3 Å². The molecule has 0 heterocycles. The van der Waals surface area contributed by atoms with Crippen molar-refractivity contribution in [2.24, 2.45) is 11.7 Å². The minimum absolute atomic E-state index is 0.0465. The Bertz CT molecular complexity index is 1110. The minimum atomic E-state index is -1.21. The smallest absolute Gasteiger partial charge is 0.408 e. The van der Waals surface area contributed by atoms with E-state index in [0.717, 1.165) is 12.7 Å². The number of aliphatic hydroxyl groups excluding tert-OH is 1. The predicted molar refractivity (Wildman–Crippen MR) is 181 cm³/mol. The molecule has 48 heavy (non-hydrogen) atoms. The van der Waals surface area contributed by atoms with Gasteiger partial charge in [0.2, 0.25) is 23.6 Å². The highest BCUT2D eigenvalue weighted by molar-refractivity contribution is 5.92. The van der Waals surface area contributed by atoms with Gasteiger partial charge in [0.15, 0.2) is 0 Å². The molecule has 1 aliphatic rings. The molecule has 1 saturated carbocycles. The summed E-state index contributed by atoms with van der Waals surface area (Å²) in [5.41, 5.74) is 5.20. The normalized spacial score (nSPS) is 13.5. The van der Waals surface area contributed by atoms with Gasteiger partial charge in [0.1, 0.15) is 30.8 Å². The third-order valence-electron chi connectivity index (χ3n) is 6.60. The van der Waals surface area contributed by atoms with Gasteiger partial charge in [-0.05, 0) is 45.1 Å². The number of carbonyl (C=O) groups is 6.